The van der Waals surface area contributed by atoms with Crippen molar-refractivity contribution in [2.75, 3.05) is 7.05 Å². The Morgan fingerprint density at radius 1 is 1.61 bits per heavy atom. The number of hydrogen-bond donors (Lipinski definition) is 1. The molecular weight excluding hydrogens is 235 g/mol. The summed E-state index contributed by atoms with van der Waals surface area (Å²) in [6, 6.07) is 5.65. The smallest absolute Gasteiger partial charge is 0.320 e. The largest absolute Gasteiger partial charge is 0.480 e. The van der Waals surface area contributed by atoms with Gasteiger partial charge in [0.2, 0.25) is 0 Å². The van der Waals surface area contributed by atoms with Crippen molar-refractivity contribution in [3.63, 3.8) is 0 Å². The molecule has 1 atom stereocenters. The Balaban J connectivity index is 2.92. The molecule has 0 saturated heterocycles. The third kappa shape index (κ3) is 3.05. The molecule has 0 amide bonds. The van der Waals surface area contributed by atoms with Crippen LogP contribution >= 0.6 is 0 Å². The second-order valence-electron chi connectivity index (χ2n) is 4.07. The highest BCUT2D eigenvalue weighted by molar-refractivity contribution is 5.73. The Morgan fingerprint density at radius 3 is 2.78 bits per heavy atom. The highest BCUT2D eigenvalue weighted by Crippen LogP contribution is 2.15. The van der Waals surface area contributed by atoms with E-state index in [2.05, 4.69) is 0 Å². The number of halogens is 1. The minimum absolute atomic E-state index is 0.0238. The van der Waals surface area contributed by atoms with Crippen molar-refractivity contribution in [3.05, 3.63) is 35.1 Å². The van der Waals surface area contributed by atoms with Crippen LogP contribution in [0.4, 0.5) is 4.39 Å². The number of rotatable bonds is 5. The number of nitriles is 1. The first-order valence-electron chi connectivity index (χ1n) is 5.61. The Bertz CT molecular complexity index is 482. The number of hydrogen-bond acceptors (Lipinski definition) is 3. The van der Waals surface area contributed by atoms with Crippen LogP contribution in [0.3, 0.4) is 0 Å². The van der Waals surface area contributed by atoms with Gasteiger partial charge in [-0.1, -0.05) is 19.1 Å². The summed E-state index contributed by atoms with van der Waals surface area (Å²) in [6.07, 6.45) is 0.436. The van der Waals surface area contributed by atoms with E-state index < -0.39 is 17.8 Å². The van der Waals surface area contributed by atoms with Gasteiger partial charge in [0.05, 0.1) is 5.56 Å². The van der Waals surface area contributed by atoms with Crippen molar-refractivity contribution in [2.45, 2.75) is 25.9 Å². The van der Waals surface area contributed by atoms with Crippen molar-refractivity contribution >= 4 is 5.97 Å². The zero-order valence-corrected chi connectivity index (χ0v) is 10.4. The average molecular weight is 250 g/mol. The van der Waals surface area contributed by atoms with Gasteiger partial charge in [0.25, 0.3) is 0 Å². The first-order valence-corrected chi connectivity index (χ1v) is 5.61. The number of carboxylic acids is 1. The molecule has 0 heterocycles. The highest BCUT2D eigenvalue weighted by Gasteiger charge is 2.21. The summed E-state index contributed by atoms with van der Waals surface area (Å²) in [6.45, 7) is 1.92. The van der Waals surface area contributed by atoms with E-state index >= 15 is 0 Å². The van der Waals surface area contributed by atoms with Crippen molar-refractivity contribution in [1.29, 1.82) is 5.26 Å². The Hall–Kier alpha value is -1.93. The summed E-state index contributed by atoms with van der Waals surface area (Å²) in [5, 5.41) is 17.7. The van der Waals surface area contributed by atoms with Crippen LogP contribution in [0, 0.1) is 17.1 Å². The van der Waals surface area contributed by atoms with Crippen molar-refractivity contribution in [2.24, 2.45) is 0 Å². The Kier molecular flexibility index (Phi) is 4.81. The summed E-state index contributed by atoms with van der Waals surface area (Å²) < 4.78 is 13.8. The lowest BCUT2D eigenvalue weighted by Crippen LogP contribution is -2.37. The first-order chi connectivity index (χ1) is 8.51. The van der Waals surface area contributed by atoms with Crippen molar-refractivity contribution in [1.82, 2.24) is 4.90 Å². The number of aliphatic carboxylic acids is 1. The predicted molar refractivity (Wildman–Crippen MR) is 64.3 cm³/mol. The maximum absolute atomic E-state index is 13.8. The first kappa shape index (κ1) is 14.1. The molecule has 1 unspecified atom stereocenters. The molecule has 0 aromatic heterocycles. The Labute approximate surface area is 105 Å². The van der Waals surface area contributed by atoms with E-state index in [4.69, 9.17) is 10.4 Å². The van der Waals surface area contributed by atoms with E-state index in [1.54, 1.807) is 37.1 Å². The fraction of sp³-hybridized carbons (Fsp3) is 0.385. The SMILES string of the molecule is CCC(C(=O)O)N(C)Cc1cccc(C#N)c1F. The fourth-order valence-corrected chi connectivity index (χ4v) is 1.84. The highest BCUT2D eigenvalue weighted by atomic mass is 19.1. The summed E-state index contributed by atoms with van der Waals surface area (Å²) in [5.41, 5.74) is 0.306. The zero-order chi connectivity index (χ0) is 13.7. The van der Waals surface area contributed by atoms with Gasteiger partial charge in [-0.15, -0.1) is 0 Å². The second-order valence-corrected chi connectivity index (χ2v) is 4.07. The second kappa shape index (κ2) is 6.12. The maximum atomic E-state index is 13.8. The fourth-order valence-electron chi connectivity index (χ4n) is 1.84. The normalized spacial score (nSPS) is 12.2. The molecule has 1 rings (SSSR count). The summed E-state index contributed by atoms with van der Waals surface area (Å²) >= 11 is 0. The molecule has 0 aliphatic rings. The summed E-state index contributed by atoms with van der Waals surface area (Å²) in [4.78, 5) is 12.5. The van der Waals surface area contributed by atoms with E-state index in [0.717, 1.165) is 0 Å². The molecule has 0 aliphatic carbocycles. The molecule has 1 N–H and O–H groups in total. The van der Waals surface area contributed by atoms with E-state index in [1.165, 1.54) is 6.07 Å². The molecule has 4 nitrogen and oxygen atoms in total. The quantitative estimate of drug-likeness (QED) is 0.868. The third-order valence-corrected chi connectivity index (χ3v) is 2.82. The van der Waals surface area contributed by atoms with E-state index in [9.17, 15) is 9.18 Å². The number of carbonyl (C=O) groups is 1. The molecule has 0 aliphatic heterocycles. The van der Waals surface area contributed by atoms with Crippen molar-refractivity contribution < 1.29 is 14.3 Å². The van der Waals surface area contributed by atoms with Crippen LogP contribution < -0.4 is 0 Å². The van der Waals surface area contributed by atoms with Gasteiger partial charge < -0.3 is 5.11 Å². The van der Waals surface area contributed by atoms with E-state index in [-0.39, 0.29) is 12.1 Å². The molecular formula is C13H15FN2O2. The molecule has 0 fully saturated rings. The van der Waals surface area contributed by atoms with Crippen LogP contribution in [0.15, 0.2) is 18.2 Å². The summed E-state index contributed by atoms with van der Waals surface area (Å²) in [7, 11) is 1.63. The van der Waals surface area contributed by atoms with Crippen LogP contribution in [0.25, 0.3) is 0 Å². The van der Waals surface area contributed by atoms with Crippen molar-refractivity contribution in [3.8, 4) is 6.07 Å². The summed E-state index contributed by atoms with van der Waals surface area (Å²) in [5.74, 6) is -1.51. The molecule has 1 aromatic carbocycles. The van der Waals surface area contributed by atoms with Gasteiger partial charge in [-0.05, 0) is 19.5 Å². The molecule has 18 heavy (non-hydrogen) atoms. The standard InChI is InChI=1S/C13H15FN2O2/c1-3-11(13(17)18)16(2)8-10-6-4-5-9(7-15)12(10)14/h4-6,11H,3,8H2,1-2H3,(H,17,18). The van der Waals surface area contributed by atoms with Crippen LogP contribution in [0.5, 0.6) is 0 Å². The van der Waals surface area contributed by atoms with Gasteiger partial charge in [0, 0.05) is 12.1 Å². The van der Waals surface area contributed by atoms with Gasteiger partial charge >= 0.3 is 5.97 Å². The molecule has 96 valence electrons. The molecule has 0 saturated carbocycles. The third-order valence-electron chi connectivity index (χ3n) is 2.82. The van der Waals surface area contributed by atoms with Gasteiger partial charge in [0.15, 0.2) is 0 Å². The monoisotopic (exact) mass is 250 g/mol. The molecule has 1 aromatic rings. The van der Waals surface area contributed by atoms with E-state index in [1.807, 2.05) is 0 Å². The van der Waals surface area contributed by atoms with Crippen LogP contribution in [0.1, 0.15) is 24.5 Å². The molecule has 0 bridgehead atoms. The van der Waals surface area contributed by atoms with Crippen LogP contribution in [-0.4, -0.2) is 29.1 Å². The van der Waals surface area contributed by atoms with Gasteiger partial charge in [0.1, 0.15) is 17.9 Å². The lowest BCUT2D eigenvalue weighted by molar-refractivity contribution is -0.143. The van der Waals surface area contributed by atoms with E-state index in [0.29, 0.717) is 12.0 Å². The average Bonchev–Trinajstić information content (AvgIpc) is 2.32. The lowest BCUT2D eigenvalue weighted by atomic mass is 10.1. The topological polar surface area (TPSA) is 64.3 Å². The number of carboxylic acid groups (broad SMARTS) is 1. The molecule has 0 radical (unpaired) electrons. The zero-order valence-electron chi connectivity index (χ0n) is 10.4. The van der Waals surface area contributed by atoms with Crippen LogP contribution in [0.2, 0.25) is 0 Å². The predicted octanol–water partition coefficient (Wildman–Crippen LogP) is 1.99. The minimum Gasteiger partial charge on any atom is -0.480 e. The lowest BCUT2D eigenvalue weighted by Gasteiger charge is -2.23. The van der Waals surface area contributed by atoms with Gasteiger partial charge in [-0.3, -0.25) is 9.69 Å². The van der Waals surface area contributed by atoms with Crippen LogP contribution in [-0.2, 0) is 11.3 Å². The number of nitrogens with zero attached hydrogens (tertiary/aromatic N) is 2. The molecule has 5 heteroatoms. The number of benzene rings is 1. The van der Waals surface area contributed by atoms with Gasteiger partial charge in [-0.2, -0.15) is 5.26 Å². The maximum Gasteiger partial charge on any atom is 0.320 e. The van der Waals surface area contributed by atoms with Gasteiger partial charge in [-0.25, -0.2) is 4.39 Å². The number of likely N-dealkylation sites (N-methyl/N-ethyl adjacent to an activating group) is 1. The Morgan fingerprint density at radius 2 is 2.28 bits per heavy atom. The minimum atomic E-state index is -0.933. The molecule has 0 spiro atoms.